The van der Waals surface area contributed by atoms with Gasteiger partial charge in [-0.2, -0.15) is 0 Å². The smallest absolute Gasteiger partial charge is 0.342 e. The van der Waals surface area contributed by atoms with Crippen molar-refractivity contribution >= 4 is 35.9 Å². The summed E-state index contributed by atoms with van der Waals surface area (Å²) in [6, 6.07) is 10.1. The van der Waals surface area contributed by atoms with Gasteiger partial charge in [0.2, 0.25) is 0 Å². The van der Waals surface area contributed by atoms with E-state index in [1.807, 2.05) is 0 Å². The molecule has 2 aromatic rings. The summed E-state index contributed by atoms with van der Waals surface area (Å²) in [5.41, 5.74) is 3.98. The summed E-state index contributed by atoms with van der Waals surface area (Å²) >= 11 is 3.66. The van der Waals surface area contributed by atoms with Gasteiger partial charge < -0.3 is 9.15 Å². The number of nitrogens with zero attached hydrogens (tertiary/aromatic N) is 1. The molecule has 8 heteroatoms. The first-order chi connectivity index (χ1) is 13.7. The molecule has 0 aliphatic carbocycles. The summed E-state index contributed by atoms with van der Waals surface area (Å²) in [7, 11) is 0. The summed E-state index contributed by atoms with van der Waals surface area (Å²) in [6.07, 6.45) is 5.25. The number of benzene rings is 1. The molecule has 0 bridgehead atoms. The molecule has 1 N–H and O–H groups in total. The van der Waals surface area contributed by atoms with Crippen molar-refractivity contribution in [2.24, 2.45) is 0 Å². The van der Waals surface area contributed by atoms with Crippen molar-refractivity contribution in [1.82, 2.24) is 0 Å². The number of anilines is 1. The lowest BCUT2D eigenvalue weighted by molar-refractivity contribution is -0.210. The van der Waals surface area contributed by atoms with Crippen LogP contribution in [0, 0.1) is 29.8 Å². The maximum absolute atomic E-state index is 12.0. The lowest BCUT2D eigenvalue weighted by atomic mass is 10.0. The van der Waals surface area contributed by atoms with Gasteiger partial charge >= 0.3 is 5.97 Å². The molecular weight excluding hydrogens is 380 g/mol. The zero-order chi connectivity index (χ0) is 19.8. The number of carbonyl (C=O) groups excluding carboxylic acids is 1. The summed E-state index contributed by atoms with van der Waals surface area (Å²) in [5.74, 6) is 4.73. The average molecular weight is 390 g/mol. The van der Waals surface area contributed by atoms with Crippen LogP contribution in [-0.4, -0.2) is 5.97 Å². The van der Waals surface area contributed by atoms with E-state index in [-0.39, 0.29) is 11.5 Å². The number of allylic oxidation sites excluding steroid dienone is 1. The molecule has 0 fully saturated rings. The lowest BCUT2D eigenvalue weighted by Crippen LogP contribution is -1.99. The highest BCUT2D eigenvalue weighted by Gasteiger charge is 2.31. The third-order valence-corrected chi connectivity index (χ3v) is 3.51. The number of carbonyl (C=O) groups is 1. The first-order valence-corrected chi connectivity index (χ1v) is 8.10. The molecule has 7 nitrogen and oxygen atoms in total. The SMILES string of the molecule is [C-]#[N+]C1=C(c2ccc(NOOC#CC#CS)cc2)/C(=C/c2ccco2)OC1=O. The first-order valence-electron chi connectivity index (χ1n) is 7.65. The molecule has 1 aliphatic rings. The standard InChI is InChI=1S/C20H10N2O5S/c1-21-19-18(17(26-20(19)23)13-16-5-4-10-24-16)14-6-8-15(9-7-14)22-27-25-11-2-3-12-28/h4-10,13,22,28H/b17-13-. The minimum absolute atomic E-state index is 0.0985. The fourth-order valence-electron chi connectivity index (χ4n) is 2.27. The number of hydrogen-bond donors (Lipinski definition) is 2. The second-order valence-electron chi connectivity index (χ2n) is 5.06. The second kappa shape index (κ2) is 9.07. The Morgan fingerprint density at radius 1 is 1.21 bits per heavy atom. The van der Waals surface area contributed by atoms with Gasteiger partial charge in [-0.1, -0.05) is 29.7 Å². The predicted octanol–water partition coefficient (Wildman–Crippen LogP) is 3.63. The van der Waals surface area contributed by atoms with Crippen molar-refractivity contribution in [1.29, 1.82) is 0 Å². The van der Waals surface area contributed by atoms with Gasteiger partial charge in [0.25, 0.3) is 5.70 Å². The molecule has 1 aliphatic heterocycles. The van der Waals surface area contributed by atoms with Crippen molar-refractivity contribution in [3.63, 3.8) is 0 Å². The minimum atomic E-state index is -0.704. The highest BCUT2D eigenvalue weighted by Crippen LogP contribution is 2.36. The van der Waals surface area contributed by atoms with E-state index in [4.69, 9.17) is 20.7 Å². The van der Waals surface area contributed by atoms with Gasteiger partial charge in [-0.25, -0.2) is 10.3 Å². The van der Waals surface area contributed by atoms with E-state index < -0.39 is 5.97 Å². The fourth-order valence-corrected chi connectivity index (χ4v) is 2.33. The highest BCUT2D eigenvalue weighted by atomic mass is 32.1. The molecule has 0 radical (unpaired) electrons. The summed E-state index contributed by atoms with van der Waals surface area (Å²) < 4.78 is 10.5. The Kier molecular flexibility index (Phi) is 6.07. The zero-order valence-corrected chi connectivity index (χ0v) is 14.9. The Balaban J connectivity index is 1.79. The van der Waals surface area contributed by atoms with Crippen molar-refractivity contribution in [2.75, 3.05) is 5.48 Å². The molecule has 3 rings (SSSR count). The van der Waals surface area contributed by atoms with E-state index in [9.17, 15) is 4.79 Å². The topological polar surface area (TPSA) is 74.3 Å². The number of thiol groups is 1. The number of esters is 1. The van der Waals surface area contributed by atoms with Crippen LogP contribution < -0.4 is 5.48 Å². The van der Waals surface area contributed by atoms with Gasteiger partial charge in [0.15, 0.2) is 6.11 Å². The molecule has 1 aromatic heterocycles. The van der Waals surface area contributed by atoms with Crippen LogP contribution in [-0.2, 0) is 19.4 Å². The van der Waals surface area contributed by atoms with Crippen LogP contribution in [0.1, 0.15) is 11.3 Å². The molecule has 0 unspecified atom stereocenters. The first kappa shape index (κ1) is 18.8. The molecular formula is C20H10N2O5S. The molecule has 0 spiro atoms. The van der Waals surface area contributed by atoms with E-state index >= 15 is 0 Å². The zero-order valence-electron chi connectivity index (χ0n) is 14.1. The van der Waals surface area contributed by atoms with Crippen LogP contribution in [0.4, 0.5) is 5.69 Å². The second-order valence-corrected chi connectivity index (χ2v) is 5.28. The van der Waals surface area contributed by atoms with Crippen molar-refractivity contribution in [3.05, 3.63) is 76.9 Å². The van der Waals surface area contributed by atoms with Crippen LogP contribution >= 0.6 is 12.6 Å². The largest absolute Gasteiger partial charge is 0.465 e. The van der Waals surface area contributed by atoms with Crippen molar-refractivity contribution in [3.8, 4) is 23.2 Å². The maximum Gasteiger partial charge on any atom is 0.342 e. The normalized spacial score (nSPS) is 13.7. The molecule has 0 saturated carbocycles. The Morgan fingerprint density at radius 3 is 2.71 bits per heavy atom. The van der Waals surface area contributed by atoms with E-state index in [0.29, 0.717) is 22.6 Å². The third-order valence-electron chi connectivity index (χ3n) is 3.39. The summed E-state index contributed by atoms with van der Waals surface area (Å²) in [4.78, 5) is 24.6. The Morgan fingerprint density at radius 2 is 2.04 bits per heavy atom. The van der Waals surface area contributed by atoms with Crippen LogP contribution in [0.2, 0.25) is 0 Å². The Hall–Kier alpha value is -4.03. The van der Waals surface area contributed by atoms with E-state index in [1.165, 1.54) is 6.26 Å². The fraction of sp³-hybridized carbons (Fsp3) is 0. The Bertz CT molecular complexity index is 1100. The average Bonchev–Trinajstić information content (AvgIpc) is 3.32. The molecule has 0 atom stereocenters. The number of ether oxygens (including phenoxy) is 1. The maximum atomic E-state index is 12.0. The molecule has 1 aromatic carbocycles. The van der Waals surface area contributed by atoms with E-state index in [0.717, 1.165) is 0 Å². The number of nitrogens with one attached hydrogen (secondary N) is 1. The number of hydrogen-bond acceptors (Lipinski definition) is 7. The molecule has 0 amide bonds. The van der Waals surface area contributed by atoms with Crippen molar-refractivity contribution in [2.45, 2.75) is 0 Å². The lowest BCUT2D eigenvalue weighted by Gasteiger charge is -2.07. The number of cyclic esters (lactones) is 1. The minimum Gasteiger partial charge on any atom is -0.465 e. The van der Waals surface area contributed by atoms with Gasteiger partial charge in [0.05, 0.1) is 18.5 Å². The van der Waals surface area contributed by atoms with Gasteiger partial charge in [0.1, 0.15) is 11.5 Å². The Labute approximate surface area is 165 Å². The van der Waals surface area contributed by atoms with Gasteiger partial charge in [-0.15, -0.1) is 0 Å². The number of furan rings is 1. The molecule has 0 saturated heterocycles. The van der Waals surface area contributed by atoms with Gasteiger partial charge in [-0.05, 0) is 35.1 Å². The van der Waals surface area contributed by atoms with Crippen LogP contribution in [0.25, 0.3) is 16.5 Å². The van der Waals surface area contributed by atoms with E-state index in [2.05, 4.69) is 51.0 Å². The summed E-state index contributed by atoms with van der Waals surface area (Å²) in [5, 5.41) is 2.28. The predicted molar refractivity (Wildman–Crippen MR) is 103 cm³/mol. The van der Waals surface area contributed by atoms with Crippen molar-refractivity contribution < 1.29 is 23.8 Å². The van der Waals surface area contributed by atoms with Crippen LogP contribution in [0.15, 0.2) is 58.5 Å². The van der Waals surface area contributed by atoms with E-state index in [1.54, 1.807) is 42.5 Å². The number of rotatable bonds is 5. The third kappa shape index (κ3) is 4.38. The van der Waals surface area contributed by atoms with Gasteiger partial charge in [0, 0.05) is 23.5 Å². The quantitative estimate of drug-likeness (QED) is 0.154. The van der Waals surface area contributed by atoms with Crippen LogP contribution in [0.5, 0.6) is 0 Å². The van der Waals surface area contributed by atoms with Crippen LogP contribution in [0.3, 0.4) is 0 Å². The highest BCUT2D eigenvalue weighted by molar-refractivity contribution is 7.85. The molecule has 28 heavy (non-hydrogen) atoms. The van der Waals surface area contributed by atoms with Gasteiger partial charge in [-0.3, -0.25) is 9.68 Å². The molecule has 136 valence electrons. The molecule has 2 heterocycles. The summed E-state index contributed by atoms with van der Waals surface area (Å²) in [6.45, 7) is 7.29. The monoisotopic (exact) mass is 390 g/mol.